The number of hydrogen-bond donors (Lipinski definition) is 1. The van der Waals surface area contributed by atoms with Crippen LogP contribution in [0.2, 0.25) is 0 Å². The minimum absolute atomic E-state index is 0.00878. The Hall–Kier alpha value is -1.84. The highest BCUT2D eigenvalue weighted by Gasteiger charge is 2.43. The highest BCUT2D eigenvalue weighted by atomic mass is 16.5. The van der Waals surface area contributed by atoms with Crippen molar-refractivity contribution in [2.24, 2.45) is 0 Å². The molecule has 3 nitrogen and oxygen atoms in total. The maximum atomic E-state index is 6.21. The lowest BCUT2D eigenvalue weighted by molar-refractivity contribution is -0.672. The number of quaternary nitrogens is 1. The molecule has 2 atom stereocenters. The van der Waals surface area contributed by atoms with Crippen molar-refractivity contribution in [2.75, 3.05) is 32.1 Å². The van der Waals surface area contributed by atoms with Gasteiger partial charge in [-0.25, -0.2) is 0 Å². The van der Waals surface area contributed by atoms with Crippen molar-refractivity contribution in [3.63, 3.8) is 0 Å². The third-order valence-electron chi connectivity index (χ3n) is 6.82. The van der Waals surface area contributed by atoms with E-state index in [-0.39, 0.29) is 11.0 Å². The van der Waals surface area contributed by atoms with E-state index in [4.69, 9.17) is 4.74 Å². The molecule has 3 rings (SSSR count). The number of rotatable bonds is 8. The second kappa shape index (κ2) is 9.32. The van der Waals surface area contributed by atoms with Crippen molar-refractivity contribution < 1.29 is 10.1 Å². The van der Waals surface area contributed by atoms with Crippen LogP contribution < -0.4 is 10.2 Å². The summed E-state index contributed by atoms with van der Waals surface area (Å²) >= 11 is 0. The van der Waals surface area contributed by atoms with Crippen LogP contribution in [0.5, 0.6) is 0 Å². The van der Waals surface area contributed by atoms with Crippen LogP contribution in [-0.2, 0) is 16.7 Å². The van der Waals surface area contributed by atoms with E-state index in [0.29, 0.717) is 0 Å². The number of hydrogen-bond acceptors (Lipinski definition) is 2. The number of nitrogens with two attached hydrogens (primary N) is 1. The molecule has 158 valence electrons. The second-order valence-corrected chi connectivity index (χ2v) is 9.32. The van der Waals surface area contributed by atoms with E-state index < -0.39 is 0 Å². The maximum absolute atomic E-state index is 6.21. The van der Waals surface area contributed by atoms with Crippen LogP contribution in [0.25, 0.3) is 0 Å². The molecule has 1 aliphatic rings. The normalized spacial score (nSPS) is 24.4. The van der Waals surface area contributed by atoms with Gasteiger partial charge in [0.05, 0.1) is 12.1 Å². The lowest BCUT2D eigenvalue weighted by atomic mass is 9.66. The molecular weight excluding hydrogens is 356 g/mol. The molecule has 2 N–H and O–H groups in total. The van der Waals surface area contributed by atoms with Crippen LogP contribution >= 0.6 is 0 Å². The van der Waals surface area contributed by atoms with Crippen molar-refractivity contribution in [2.45, 2.75) is 64.0 Å². The molecule has 1 fully saturated rings. The Kier molecular flexibility index (Phi) is 7.02. The lowest BCUT2D eigenvalue weighted by Gasteiger charge is -2.46. The fourth-order valence-corrected chi connectivity index (χ4v) is 4.66. The van der Waals surface area contributed by atoms with Crippen LogP contribution in [0.3, 0.4) is 0 Å². The van der Waals surface area contributed by atoms with E-state index in [1.165, 1.54) is 28.8 Å². The highest BCUT2D eigenvalue weighted by molar-refractivity contribution is 5.45. The molecule has 0 aliphatic carbocycles. The molecule has 2 aromatic rings. The average Bonchev–Trinajstić information content (AvgIpc) is 2.72. The minimum Gasteiger partial charge on any atom is -0.378 e. The third kappa shape index (κ3) is 5.40. The van der Waals surface area contributed by atoms with E-state index in [2.05, 4.69) is 93.6 Å². The quantitative estimate of drug-likeness (QED) is 0.670. The number of benzene rings is 2. The first-order valence-electron chi connectivity index (χ1n) is 11.1. The SMILES string of the molecule is CC[C@@]1(C)C[C@@](CC[NH2+]Cc2ccc(N(C)C)cc2)(c2ccc(C)cc2)CCO1. The average molecular weight is 396 g/mol. The molecule has 29 heavy (non-hydrogen) atoms. The van der Waals surface area contributed by atoms with Gasteiger partial charge in [0.2, 0.25) is 0 Å². The summed E-state index contributed by atoms with van der Waals surface area (Å²) in [5.74, 6) is 0. The predicted molar refractivity (Wildman–Crippen MR) is 123 cm³/mol. The van der Waals surface area contributed by atoms with Gasteiger partial charge in [-0.2, -0.15) is 0 Å². The fourth-order valence-electron chi connectivity index (χ4n) is 4.66. The molecule has 1 heterocycles. The molecule has 1 aliphatic heterocycles. The molecule has 0 spiro atoms. The van der Waals surface area contributed by atoms with Gasteiger partial charge in [0.15, 0.2) is 0 Å². The van der Waals surface area contributed by atoms with Crippen molar-refractivity contribution in [1.82, 2.24) is 0 Å². The summed E-state index contributed by atoms with van der Waals surface area (Å²) in [4.78, 5) is 2.15. The predicted octanol–water partition coefficient (Wildman–Crippen LogP) is 4.43. The molecule has 0 bridgehead atoms. The van der Waals surface area contributed by atoms with Gasteiger partial charge >= 0.3 is 0 Å². The first-order valence-corrected chi connectivity index (χ1v) is 11.1. The van der Waals surface area contributed by atoms with Crippen LogP contribution in [0.1, 0.15) is 56.2 Å². The van der Waals surface area contributed by atoms with Crippen molar-refractivity contribution >= 4 is 5.69 Å². The molecule has 0 saturated carbocycles. The lowest BCUT2D eigenvalue weighted by Crippen LogP contribution is -2.83. The van der Waals surface area contributed by atoms with Gasteiger partial charge in [-0.15, -0.1) is 0 Å². The van der Waals surface area contributed by atoms with Gasteiger partial charge in [0, 0.05) is 43.8 Å². The molecular formula is C26H39N2O+. The van der Waals surface area contributed by atoms with Gasteiger partial charge in [-0.05, 0) is 50.8 Å². The third-order valence-corrected chi connectivity index (χ3v) is 6.82. The van der Waals surface area contributed by atoms with Crippen LogP contribution in [-0.4, -0.2) is 32.8 Å². The van der Waals surface area contributed by atoms with E-state index in [9.17, 15) is 0 Å². The monoisotopic (exact) mass is 395 g/mol. The second-order valence-electron chi connectivity index (χ2n) is 9.32. The van der Waals surface area contributed by atoms with Gasteiger partial charge in [-0.1, -0.05) is 48.9 Å². The molecule has 2 aromatic carbocycles. The van der Waals surface area contributed by atoms with Crippen LogP contribution in [0.4, 0.5) is 5.69 Å². The molecule has 0 unspecified atom stereocenters. The number of anilines is 1. The summed E-state index contributed by atoms with van der Waals surface area (Å²) < 4.78 is 6.21. The van der Waals surface area contributed by atoms with E-state index >= 15 is 0 Å². The summed E-state index contributed by atoms with van der Waals surface area (Å²) in [5, 5.41) is 2.47. The number of ether oxygens (including phenoxy) is 1. The Morgan fingerprint density at radius 2 is 1.72 bits per heavy atom. The standard InChI is InChI=1S/C26H38N2O/c1-6-25(3)20-26(16-18-29-25,23-11-7-21(2)8-12-23)15-17-27-19-22-9-13-24(14-10-22)28(4)5/h7-14,27H,6,15-20H2,1-5H3/p+1/t25-,26-/m0/s1. The highest BCUT2D eigenvalue weighted by Crippen LogP contribution is 2.45. The fraction of sp³-hybridized carbons (Fsp3) is 0.538. The largest absolute Gasteiger partial charge is 0.378 e. The maximum Gasteiger partial charge on any atom is 0.101 e. The van der Waals surface area contributed by atoms with Gasteiger partial charge in [-0.3, -0.25) is 0 Å². The number of nitrogens with zero attached hydrogens (tertiary/aromatic N) is 1. The zero-order chi connectivity index (χ0) is 20.9. The van der Waals surface area contributed by atoms with Gasteiger partial charge in [0.25, 0.3) is 0 Å². The Morgan fingerprint density at radius 3 is 2.34 bits per heavy atom. The molecule has 0 aromatic heterocycles. The zero-order valence-corrected chi connectivity index (χ0v) is 19.0. The van der Waals surface area contributed by atoms with Gasteiger partial charge in [0.1, 0.15) is 6.54 Å². The molecule has 0 radical (unpaired) electrons. The topological polar surface area (TPSA) is 29.1 Å². The molecule has 1 saturated heterocycles. The van der Waals surface area contributed by atoms with Crippen molar-refractivity contribution in [1.29, 1.82) is 0 Å². The Balaban J connectivity index is 1.66. The summed E-state index contributed by atoms with van der Waals surface area (Å²) in [6.07, 6.45) is 4.51. The van der Waals surface area contributed by atoms with Crippen LogP contribution in [0.15, 0.2) is 48.5 Å². The Bertz CT molecular complexity index is 768. The summed E-state index contributed by atoms with van der Waals surface area (Å²) in [5.41, 5.74) is 5.70. The van der Waals surface area contributed by atoms with Crippen molar-refractivity contribution in [3.8, 4) is 0 Å². The van der Waals surface area contributed by atoms with E-state index in [0.717, 1.165) is 39.0 Å². The molecule has 0 amide bonds. The summed E-state index contributed by atoms with van der Waals surface area (Å²) in [6.45, 7) is 9.78. The number of aryl methyl sites for hydroxylation is 1. The minimum atomic E-state index is -0.00878. The summed E-state index contributed by atoms with van der Waals surface area (Å²) in [7, 11) is 4.17. The zero-order valence-electron chi connectivity index (χ0n) is 19.0. The Labute approximate surface area is 177 Å². The van der Waals surface area contributed by atoms with Crippen LogP contribution in [0, 0.1) is 6.92 Å². The van der Waals surface area contributed by atoms with E-state index in [1.54, 1.807) is 0 Å². The van der Waals surface area contributed by atoms with E-state index in [1.807, 2.05) is 0 Å². The Morgan fingerprint density at radius 1 is 1.03 bits per heavy atom. The smallest absolute Gasteiger partial charge is 0.101 e. The first kappa shape index (κ1) is 21.9. The van der Waals surface area contributed by atoms with Crippen molar-refractivity contribution in [3.05, 3.63) is 65.2 Å². The first-order chi connectivity index (χ1) is 13.9. The summed E-state index contributed by atoms with van der Waals surface area (Å²) in [6, 6.07) is 18.2. The van der Waals surface area contributed by atoms with Gasteiger partial charge < -0.3 is 15.0 Å². The molecule has 3 heteroatoms.